The fourth-order valence-corrected chi connectivity index (χ4v) is 1.22. The predicted molar refractivity (Wildman–Crippen MR) is 51.6 cm³/mol. The first kappa shape index (κ1) is 9.60. The number of aliphatic hydroxyl groups is 1. The Bertz CT molecular complexity index is 441. The summed E-state index contributed by atoms with van der Waals surface area (Å²) in [6.45, 7) is -0.103. The third kappa shape index (κ3) is 1.79. The summed E-state index contributed by atoms with van der Waals surface area (Å²) >= 11 is 0. The lowest BCUT2D eigenvalue weighted by Crippen LogP contribution is -2.01. The molecule has 15 heavy (non-hydrogen) atoms. The molecule has 0 amide bonds. The highest BCUT2D eigenvalue weighted by Gasteiger charge is 2.06. The molecule has 2 heterocycles. The lowest BCUT2D eigenvalue weighted by atomic mass is 10.2. The van der Waals surface area contributed by atoms with E-state index in [-0.39, 0.29) is 6.61 Å². The standard InChI is InChI=1S/C9H10N4O2/c1-15-8-4-9(10-5-7(8)6-14)13-3-2-11-12-13/h2-5,14H,6H2,1H3. The number of nitrogens with zero attached hydrogens (tertiary/aromatic N) is 4. The third-order valence-corrected chi connectivity index (χ3v) is 1.98. The van der Waals surface area contributed by atoms with E-state index in [1.165, 1.54) is 4.68 Å². The molecule has 1 N–H and O–H groups in total. The number of hydrogen-bond acceptors (Lipinski definition) is 5. The van der Waals surface area contributed by atoms with Crippen LogP contribution >= 0.6 is 0 Å². The van der Waals surface area contributed by atoms with Crippen molar-refractivity contribution in [3.63, 3.8) is 0 Å². The molecular weight excluding hydrogens is 196 g/mol. The lowest BCUT2D eigenvalue weighted by Gasteiger charge is -2.07. The summed E-state index contributed by atoms with van der Waals surface area (Å²) in [6.07, 6.45) is 4.80. The molecule has 0 fully saturated rings. The number of pyridine rings is 1. The summed E-state index contributed by atoms with van der Waals surface area (Å²) in [5, 5.41) is 16.5. The maximum atomic E-state index is 9.02. The third-order valence-electron chi connectivity index (χ3n) is 1.98. The van der Waals surface area contributed by atoms with Crippen molar-refractivity contribution in [3.8, 4) is 11.6 Å². The van der Waals surface area contributed by atoms with Gasteiger partial charge in [0.1, 0.15) is 5.75 Å². The average molecular weight is 206 g/mol. The van der Waals surface area contributed by atoms with Crippen LogP contribution < -0.4 is 4.74 Å². The monoisotopic (exact) mass is 206 g/mol. The maximum Gasteiger partial charge on any atom is 0.158 e. The van der Waals surface area contributed by atoms with Crippen LogP contribution in [0.3, 0.4) is 0 Å². The van der Waals surface area contributed by atoms with Crippen molar-refractivity contribution in [3.05, 3.63) is 30.2 Å². The van der Waals surface area contributed by atoms with Gasteiger partial charge in [-0.3, -0.25) is 0 Å². The largest absolute Gasteiger partial charge is 0.496 e. The molecule has 2 aromatic heterocycles. The molecule has 0 saturated carbocycles. The van der Waals surface area contributed by atoms with Crippen molar-refractivity contribution >= 4 is 0 Å². The first-order chi connectivity index (χ1) is 7.35. The second-order valence-electron chi connectivity index (χ2n) is 2.86. The first-order valence-electron chi connectivity index (χ1n) is 4.35. The zero-order chi connectivity index (χ0) is 10.7. The quantitative estimate of drug-likeness (QED) is 0.774. The van der Waals surface area contributed by atoms with Gasteiger partial charge in [-0.05, 0) is 0 Å². The molecule has 0 aliphatic rings. The van der Waals surface area contributed by atoms with Gasteiger partial charge in [0.05, 0.1) is 26.1 Å². The van der Waals surface area contributed by atoms with Gasteiger partial charge in [-0.1, -0.05) is 5.21 Å². The van der Waals surface area contributed by atoms with E-state index in [1.54, 1.807) is 31.8 Å². The summed E-state index contributed by atoms with van der Waals surface area (Å²) in [5.74, 6) is 1.18. The minimum absolute atomic E-state index is 0.103. The molecule has 2 aromatic rings. The van der Waals surface area contributed by atoms with E-state index < -0.39 is 0 Å². The Hall–Kier alpha value is -1.95. The molecule has 0 aliphatic carbocycles. The van der Waals surface area contributed by atoms with Crippen molar-refractivity contribution in [1.29, 1.82) is 0 Å². The van der Waals surface area contributed by atoms with E-state index in [2.05, 4.69) is 15.3 Å². The number of aliphatic hydroxyl groups excluding tert-OH is 1. The van der Waals surface area contributed by atoms with Gasteiger partial charge in [0.25, 0.3) is 0 Å². The molecule has 0 radical (unpaired) electrons. The topological polar surface area (TPSA) is 73.1 Å². The van der Waals surface area contributed by atoms with Gasteiger partial charge < -0.3 is 9.84 Å². The lowest BCUT2D eigenvalue weighted by molar-refractivity contribution is 0.273. The van der Waals surface area contributed by atoms with Crippen LogP contribution in [0.2, 0.25) is 0 Å². The van der Waals surface area contributed by atoms with Gasteiger partial charge in [-0.15, -0.1) is 5.10 Å². The van der Waals surface area contributed by atoms with Crippen LogP contribution in [0.4, 0.5) is 0 Å². The molecule has 6 nitrogen and oxygen atoms in total. The normalized spacial score (nSPS) is 10.3. The maximum absolute atomic E-state index is 9.02. The minimum Gasteiger partial charge on any atom is -0.496 e. The van der Waals surface area contributed by atoms with Gasteiger partial charge in [0.15, 0.2) is 5.82 Å². The Labute approximate surface area is 86.1 Å². The van der Waals surface area contributed by atoms with Crippen LogP contribution in [0.15, 0.2) is 24.7 Å². The van der Waals surface area contributed by atoms with E-state index in [1.807, 2.05) is 0 Å². The Morgan fingerprint density at radius 2 is 2.40 bits per heavy atom. The van der Waals surface area contributed by atoms with Crippen molar-refractivity contribution in [2.45, 2.75) is 6.61 Å². The molecule has 0 aromatic carbocycles. The van der Waals surface area contributed by atoms with Gasteiger partial charge in [0, 0.05) is 17.8 Å². The van der Waals surface area contributed by atoms with Crippen LogP contribution in [0.5, 0.6) is 5.75 Å². The molecule has 78 valence electrons. The van der Waals surface area contributed by atoms with E-state index in [0.29, 0.717) is 17.1 Å². The zero-order valence-corrected chi connectivity index (χ0v) is 8.16. The molecule has 2 rings (SSSR count). The van der Waals surface area contributed by atoms with Gasteiger partial charge in [-0.25, -0.2) is 9.67 Å². The van der Waals surface area contributed by atoms with Gasteiger partial charge in [0.2, 0.25) is 0 Å². The summed E-state index contributed by atoms with van der Waals surface area (Å²) in [4.78, 5) is 4.12. The highest BCUT2D eigenvalue weighted by Crippen LogP contribution is 2.19. The van der Waals surface area contributed by atoms with Crippen LogP contribution in [0.1, 0.15) is 5.56 Å². The molecule has 6 heteroatoms. The highest BCUT2D eigenvalue weighted by atomic mass is 16.5. The van der Waals surface area contributed by atoms with E-state index in [9.17, 15) is 0 Å². The van der Waals surface area contributed by atoms with Crippen LogP contribution in [-0.2, 0) is 6.61 Å². The Morgan fingerprint density at radius 3 is 3.00 bits per heavy atom. The van der Waals surface area contributed by atoms with Crippen LogP contribution in [0.25, 0.3) is 5.82 Å². The number of methoxy groups -OCH3 is 1. The first-order valence-corrected chi connectivity index (χ1v) is 4.35. The molecule has 0 atom stereocenters. The van der Waals surface area contributed by atoms with Crippen molar-refractivity contribution < 1.29 is 9.84 Å². The van der Waals surface area contributed by atoms with Gasteiger partial charge >= 0.3 is 0 Å². The summed E-state index contributed by atoms with van der Waals surface area (Å²) in [7, 11) is 1.54. The Morgan fingerprint density at radius 1 is 1.53 bits per heavy atom. The smallest absolute Gasteiger partial charge is 0.158 e. The van der Waals surface area contributed by atoms with Crippen LogP contribution in [-0.4, -0.2) is 32.2 Å². The molecular formula is C9H10N4O2. The molecule has 0 saturated heterocycles. The Balaban J connectivity index is 2.43. The summed E-state index contributed by atoms with van der Waals surface area (Å²) in [5.41, 5.74) is 0.640. The fourth-order valence-electron chi connectivity index (χ4n) is 1.22. The van der Waals surface area contributed by atoms with Crippen molar-refractivity contribution in [1.82, 2.24) is 20.0 Å². The number of hydrogen-bond donors (Lipinski definition) is 1. The number of ether oxygens (including phenoxy) is 1. The highest BCUT2D eigenvalue weighted by molar-refractivity contribution is 5.37. The minimum atomic E-state index is -0.103. The van der Waals surface area contributed by atoms with Crippen molar-refractivity contribution in [2.75, 3.05) is 7.11 Å². The SMILES string of the molecule is COc1cc(-n2ccnn2)ncc1CO. The zero-order valence-electron chi connectivity index (χ0n) is 8.16. The Kier molecular flexibility index (Phi) is 2.59. The molecule has 0 spiro atoms. The fraction of sp³-hybridized carbons (Fsp3) is 0.222. The molecule has 0 bridgehead atoms. The number of aromatic nitrogens is 4. The second-order valence-corrected chi connectivity index (χ2v) is 2.86. The molecule has 0 unspecified atom stereocenters. The van der Waals surface area contributed by atoms with Crippen LogP contribution in [0, 0.1) is 0 Å². The predicted octanol–water partition coefficient (Wildman–Crippen LogP) is 0.163. The van der Waals surface area contributed by atoms with Crippen molar-refractivity contribution in [2.24, 2.45) is 0 Å². The van der Waals surface area contributed by atoms with E-state index in [0.717, 1.165) is 0 Å². The van der Waals surface area contributed by atoms with E-state index in [4.69, 9.17) is 9.84 Å². The molecule has 0 aliphatic heterocycles. The summed E-state index contributed by atoms with van der Waals surface area (Å²) in [6, 6.07) is 1.69. The van der Waals surface area contributed by atoms with Gasteiger partial charge in [-0.2, -0.15) is 0 Å². The number of rotatable bonds is 3. The van der Waals surface area contributed by atoms with E-state index >= 15 is 0 Å². The summed E-state index contributed by atoms with van der Waals surface area (Å²) < 4.78 is 6.63. The average Bonchev–Trinajstić information content (AvgIpc) is 2.81. The second kappa shape index (κ2) is 4.05.